The van der Waals surface area contributed by atoms with E-state index in [0.29, 0.717) is 5.65 Å². The van der Waals surface area contributed by atoms with Crippen LogP contribution in [0.2, 0.25) is 0 Å². The second-order valence-corrected chi connectivity index (χ2v) is 7.66. The molecule has 30 heavy (non-hydrogen) atoms. The highest BCUT2D eigenvalue weighted by molar-refractivity contribution is 5.87. The number of nitrogens with one attached hydrogen (secondary N) is 1. The monoisotopic (exact) mass is 399 g/mol. The molecule has 0 bridgehead atoms. The first-order valence-corrected chi connectivity index (χ1v) is 10.4. The van der Waals surface area contributed by atoms with Gasteiger partial charge < -0.3 is 15.5 Å². The third-order valence-corrected chi connectivity index (χ3v) is 5.68. The van der Waals surface area contributed by atoms with Gasteiger partial charge in [0.2, 0.25) is 5.95 Å². The van der Waals surface area contributed by atoms with Crippen LogP contribution in [-0.2, 0) is 13.0 Å². The Morgan fingerprint density at radius 2 is 1.80 bits per heavy atom. The molecule has 7 heteroatoms. The number of hydrogen-bond acceptors (Lipinski definition) is 6. The van der Waals surface area contributed by atoms with Crippen LogP contribution in [0.3, 0.4) is 0 Å². The average Bonchev–Trinajstić information content (AvgIpc) is 3.16. The zero-order valence-electron chi connectivity index (χ0n) is 16.8. The van der Waals surface area contributed by atoms with Gasteiger partial charge in [-0.05, 0) is 30.0 Å². The largest absolute Gasteiger partial charge is 0.369 e. The molecule has 0 radical (unpaired) electrons. The van der Waals surface area contributed by atoms with E-state index in [4.69, 9.17) is 5.73 Å². The molecule has 0 atom stereocenters. The summed E-state index contributed by atoms with van der Waals surface area (Å²) in [6.45, 7) is 3.58. The summed E-state index contributed by atoms with van der Waals surface area (Å²) in [4.78, 5) is 13.6. The molecule has 4 aromatic rings. The molecular weight excluding hydrogens is 374 g/mol. The molecule has 0 saturated carbocycles. The SMILES string of the molecule is Nc1nc(N2CCN(CCCc3ccccc3)c3ccccc3C2)c2cn[nH]c2n1. The molecule has 0 aliphatic carbocycles. The summed E-state index contributed by atoms with van der Waals surface area (Å²) in [5.74, 6) is 1.10. The molecule has 0 amide bonds. The Morgan fingerprint density at radius 3 is 2.70 bits per heavy atom. The van der Waals surface area contributed by atoms with E-state index in [-0.39, 0.29) is 5.95 Å². The van der Waals surface area contributed by atoms with E-state index >= 15 is 0 Å². The number of nitrogens with two attached hydrogens (primary N) is 1. The number of aryl methyl sites for hydroxylation is 1. The van der Waals surface area contributed by atoms with Gasteiger partial charge in [0.25, 0.3) is 0 Å². The summed E-state index contributed by atoms with van der Waals surface area (Å²) < 4.78 is 0. The zero-order chi connectivity index (χ0) is 20.3. The fraction of sp³-hybridized carbons (Fsp3) is 0.261. The van der Waals surface area contributed by atoms with Crippen LogP contribution in [0, 0.1) is 0 Å². The molecule has 3 N–H and O–H groups in total. The molecule has 2 aromatic carbocycles. The predicted molar refractivity (Wildman–Crippen MR) is 121 cm³/mol. The molecule has 152 valence electrons. The van der Waals surface area contributed by atoms with Crippen LogP contribution in [0.15, 0.2) is 60.8 Å². The van der Waals surface area contributed by atoms with Crippen LogP contribution in [-0.4, -0.2) is 39.8 Å². The lowest BCUT2D eigenvalue weighted by Gasteiger charge is -2.25. The number of aromatic nitrogens is 4. The number of nitrogen functional groups attached to an aromatic ring is 1. The van der Waals surface area contributed by atoms with Crippen molar-refractivity contribution in [1.82, 2.24) is 20.2 Å². The molecule has 0 saturated heterocycles. The zero-order valence-corrected chi connectivity index (χ0v) is 16.8. The minimum absolute atomic E-state index is 0.263. The Kier molecular flexibility index (Phi) is 4.93. The Bertz CT molecular complexity index is 1140. The topological polar surface area (TPSA) is 87.0 Å². The van der Waals surface area contributed by atoms with Gasteiger partial charge in [0.15, 0.2) is 5.65 Å². The smallest absolute Gasteiger partial charge is 0.224 e. The van der Waals surface area contributed by atoms with Crippen LogP contribution >= 0.6 is 0 Å². The first-order chi connectivity index (χ1) is 14.8. The fourth-order valence-electron chi connectivity index (χ4n) is 4.21. The van der Waals surface area contributed by atoms with Crippen LogP contribution in [0.4, 0.5) is 17.5 Å². The van der Waals surface area contributed by atoms with Gasteiger partial charge >= 0.3 is 0 Å². The summed E-state index contributed by atoms with van der Waals surface area (Å²) in [6.07, 6.45) is 3.98. The number of benzene rings is 2. The summed E-state index contributed by atoms with van der Waals surface area (Å²) in [6, 6.07) is 19.3. The molecule has 0 spiro atoms. The molecule has 0 unspecified atom stereocenters. The third kappa shape index (κ3) is 3.66. The average molecular weight is 400 g/mol. The Morgan fingerprint density at radius 1 is 0.967 bits per heavy atom. The van der Waals surface area contributed by atoms with Gasteiger partial charge in [0.1, 0.15) is 5.82 Å². The standard InChI is InChI=1S/C23H25N7/c24-23-26-21-19(15-25-28-21)22(27-23)30-14-13-29(20-11-5-4-10-18(20)16-30)12-6-9-17-7-2-1-3-8-17/h1-5,7-8,10-11,15H,6,9,12-14,16H2,(H3,24,25,26,27,28). The first kappa shape index (κ1) is 18.4. The highest BCUT2D eigenvalue weighted by Crippen LogP contribution is 2.30. The van der Waals surface area contributed by atoms with Gasteiger partial charge in [-0.15, -0.1) is 0 Å². The van der Waals surface area contributed by atoms with Crippen molar-refractivity contribution >= 4 is 28.5 Å². The lowest BCUT2D eigenvalue weighted by Crippen LogP contribution is -2.32. The van der Waals surface area contributed by atoms with Crippen LogP contribution in [0.5, 0.6) is 0 Å². The molecular formula is C23H25N7. The van der Waals surface area contributed by atoms with Crippen molar-refractivity contribution in [3.05, 3.63) is 71.9 Å². The van der Waals surface area contributed by atoms with Crippen molar-refractivity contribution < 1.29 is 0 Å². The van der Waals surface area contributed by atoms with Crippen molar-refractivity contribution in [3.8, 4) is 0 Å². The van der Waals surface area contributed by atoms with Gasteiger partial charge in [-0.3, -0.25) is 5.10 Å². The summed E-state index contributed by atoms with van der Waals surface area (Å²) in [5.41, 5.74) is 10.6. The highest BCUT2D eigenvalue weighted by atomic mass is 15.3. The van der Waals surface area contributed by atoms with Crippen LogP contribution < -0.4 is 15.5 Å². The molecule has 5 rings (SSSR count). The third-order valence-electron chi connectivity index (χ3n) is 5.68. The van der Waals surface area contributed by atoms with E-state index in [2.05, 4.69) is 84.6 Å². The van der Waals surface area contributed by atoms with Crippen molar-refractivity contribution in [2.45, 2.75) is 19.4 Å². The van der Waals surface area contributed by atoms with E-state index in [1.54, 1.807) is 6.20 Å². The second-order valence-electron chi connectivity index (χ2n) is 7.66. The molecule has 2 aromatic heterocycles. The number of H-pyrrole nitrogens is 1. The van der Waals surface area contributed by atoms with E-state index in [9.17, 15) is 0 Å². The van der Waals surface area contributed by atoms with E-state index < -0.39 is 0 Å². The molecule has 1 aliphatic heterocycles. The normalized spacial score (nSPS) is 14.0. The minimum atomic E-state index is 0.263. The first-order valence-electron chi connectivity index (χ1n) is 10.4. The predicted octanol–water partition coefficient (Wildman–Crippen LogP) is 3.39. The maximum atomic E-state index is 5.97. The number of nitrogens with zero attached hydrogens (tertiary/aromatic N) is 5. The number of fused-ring (bicyclic) bond motifs is 2. The van der Waals surface area contributed by atoms with Gasteiger partial charge in [-0.2, -0.15) is 15.1 Å². The van der Waals surface area contributed by atoms with Crippen LogP contribution in [0.25, 0.3) is 11.0 Å². The summed E-state index contributed by atoms with van der Waals surface area (Å²) >= 11 is 0. The van der Waals surface area contributed by atoms with Crippen molar-refractivity contribution in [2.24, 2.45) is 0 Å². The number of aromatic amines is 1. The maximum absolute atomic E-state index is 5.97. The van der Waals surface area contributed by atoms with Crippen molar-refractivity contribution in [1.29, 1.82) is 0 Å². The lowest BCUT2D eigenvalue weighted by atomic mass is 10.1. The van der Waals surface area contributed by atoms with E-state index in [0.717, 1.165) is 50.2 Å². The number of rotatable bonds is 5. The molecule has 0 fully saturated rings. The van der Waals surface area contributed by atoms with Crippen LogP contribution in [0.1, 0.15) is 17.5 Å². The number of anilines is 3. The Hall–Kier alpha value is -3.61. The maximum Gasteiger partial charge on any atom is 0.224 e. The minimum Gasteiger partial charge on any atom is -0.369 e. The summed E-state index contributed by atoms with van der Waals surface area (Å²) in [5, 5.41) is 7.94. The molecule has 3 heterocycles. The lowest BCUT2D eigenvalue weighted by molar-refractivity contribution is 0.714. The van der Waals surface area contributed by atoms with Gasteiger partial charge in [0, 0.05) is 31.9 Å². The fourth-order valence-corrected chi connectivity index (χ4v) is 4.21. The molecule has 7 nitrogen and oxygen atoms in total. The summed E-state index contributed by atoms with van der Waals surface area (Å²) in [7, 11) is 0. The Balaban J connectivity index is 1.39. The highest BCUT2D eigenvalue weighted by Gasteiger charge is 2.22. The van der Waals surface area contributed by atoms with E-state index in [1.807, 2.05) is 0 Å². The van der Waals surface area contributed by atoms with Gasteiger partial charge in [0.05, 0.1) is 11.6 Å². The second kappa shape index (κ2) is 8.02. The Labute approximate surface area is 175 Å². The molecule has 1 aliphatic rings. The van der Waals surface area contributed by atoms with Gasteiger partial charge in [-0.1, -0.05) is 48.5 Å². The quantitative estimate of drug-likeness (QED) is 0.535. The van der Waals surface area contributed by atoms with E-state index in [1.165, 1.54) is 16.8 Å². The van der Waals surface area contributed by atoms with Crippen molar-refractivity contribution in [3.63, 3.8) is 0 Å². The number of para-hydroxylation sites is 1. The number of hydrogen-bond donors (Lipinski definition) is 2. The van der Waals surface area contributed by atoms with Gasteiger partial charge in [-0.25, -0.2) is 0 Å². The van der Waals surface area contributed by atoms with Crippen molar-refractivity contribution in [2.75, 3.05) is 35.2 Å².